The molecule has 0 unspecified atom stereocenters. The van der Waals surface area contributed by atoms with Crippen molar-refractivity contribution in [3.63, 3.8) is 0 Å². The van der Waals surface area contributed by atoms with Gasteiger partial charge in [-0.15, -0.1) is 0 Å². The van der Waals surface area contributed by atoms with Crippen LogP contribution in [0.15, 0.2) is 0 Å². The van der Waals surface area contributed by atoms with Gasteiger partial charge < -0.3 is 17.1 Å². The van der Waals surface area contributed by atoms with E-state index in [0.29, 0.717) is 0 Å². The van der Waals surface area contributed by atoms with Crippen LogP contribution in [0.4, 0.5) is 0 Å². The Morgan fingerprint density at radius 2 is 0.750 bits per heavy atom. The predicted octanol–water partition coefficient (Wildman–Crippen LogP) is 0.0201. The smallest absolute Gasteiger partial charge is 0.870 e. The molecule has 33 valence electrons. The second-order valence-electron chi connectivity index (χ2n) is 0. The summed E-state index contributed by atoms with van der Waals surface area (Å²) in [6, 6.07) is 0. The van der Waals surface area contributed by atoms with Gasteiger partial charge in [-0.3, -0.25) is 0 Å². The molecule has 0 aliphatic rings. The van der Waals surface area contributed by atoms with Crippen molar-refractivity contribution in [1.29, 1.82) is 0 Å². The van der Waals surface area contributed by atoms with Crippen molar-refractivity contribution in [2.75, 3.05) is 0 Å². The van der Waals surface area contributed by atoms with Crippen LogP contribution in [-0.2, 0) is 16.5 Å². The molecule has 0 saturated heterocycles. The Morgan fingerprint density at radius 3 is 0.750 bits per heavy atom. The summed E-state index contributed by atoms with van der Waals surface area (Å²) in [7, 11) is 0. The summed E-state index contributed by atoms with van der Waals surface area (Å²) in [6.07, 6.45) is 0. The van der Waals surface area contributed by atoms with E-state index in [9.17, 15) is 0 Å². The maximum atomic E-state index is 0. The van der Waals surface area contributed by atoms with Crippen molar-refractivity contribution in [2.24, 2.45) is 0 Å². The van der Waals surface area contributed by atoms with Crippen LogP contribution in [0.5, 0.6) is 0 Å². The fourth-order valence-corrected chi connectivity index (χ4v) is 0. The fourth-order valence-electron chi connectivity index (χ4n) is 0. The SMILES string of the molecule is [NH4+].[Ni+].[OH-].[OH-]. The summed E-state index contributed by atoms with van der Waals surface area (Å²) in [5.74, 6) is 0. The molecule has 0 bridgehead atoms. The van der Waals surface area contributed by atoms with E-state index >= 15 is 0 Å². The third-order valence-corrected chi connectivity index (χ3v) is 0. The molecular formula is H6NNiO2. The van der Waals surface area contributed by atoms with E-state index in [2.05, 4.69) is 0 Å². The van der Waals surface area contributed by atoms with Crippen LogP contribution in [0.25, 0.3) is 0 Å². The van der Waals surface area contributed by atoms with E-state index in [1.807, 2.05) is 0 Å². The van der Waals surface area contributed by atoms with E-state index in [1.165, 1.54) is 0 Å². The monoisotopic (exact) mass is 110 g/mol. The van der Waals surface area contributed by atoms with Crippen molar-refractivity contribution in [2.45, 2.75) is 0 Å². The molecule has 0 amide bonds. The first-order valence-corrected chi connectivity index (χ1v) is 0. The molecule has 0 aliphatic heterocycles. The molecule has 4 heavy (non-hydrogen) atoms. The second-order valence-corrected chi connectivity index (χ2v) is 0. The topological polar surface area (TPSA) is 96.5 Å². The second kappa shape index (κ2) is 136. The first-order chi connectivity index (χ1) is 0. The van der Waals surface area contributed by atoms with Gasteiger partial charge in [0.25, 0.3) is 0 Å². The van der Waals surface area contributed by atoms with Gasteiger partial charge in [0.2, 0.25) is 0 Å². The molecule has 0 heterocycles. The van der Waals surface area contributed by atoms with Crippen molar-refractivity contribution >= 4 is 0 Å². The van der Waals surface area contributed by atoms with Gasteiger partial charge in [0, 0.05) is 0 Å². The molecule has 1 radical (unpaired) electrons. The van der Waals surface area contributed by atoms with Crippen molar-refractivity contribution in [3.8, 4) is 0 Å². The molecule has 0 spiro atoms. The average molecular weight is 111 g/mol. The van der Waals surface area contributed by atoms with Gasteiger partial charge in [-0.2, -0.15) is 0 Å². The van der Waals surface area contributed by atoms with Gasteiger partial charge in [-0.1, -0.05) is 0 Å². The minimum Gasteiger partial charge on any atom is -0.870 e. The Kier molecular flexibility index (Phi) is 12200. The zero-order valence-electron chi connectivity index (χ0n) is 2.21. The molecule has 0 rings (SSSR count). The number of rotatable bonds is 0. The minimum atomic E-state index is 0. The zero-order chi connectivity index (χ0) is 0. The van der Waals surface area contributed by atoms with Gasteiger partial charge in [0.05, 0.1) is 0 Å². The van der Waals surface area contributed by atoms with Gasteiger partial charge in [0.1, 0.15) is 0 Å². The predicted molar refractivity (Wildman–Crippen MR) is 9.86 cm³/mol. The Balaban J connectivity index is 0. The van der Waals surface area contributed by atoms with E-state index in [-0.39, 0.29) is 33.6 Å². The summed E-state index contributed by atoms with van der Waals surface area (Å²) in [5.41, 5.74) is 0. The minimum absolute atomic E-state index is 0. The van der Waals surface area contributed by atoms with Gasteiger partial charge >= 0.3 is 16.5 Å². The largest absolute Gasteiger partial charge is 1.00 e. The maximum Gasteiger partial charge on any atom is 1.00 e. The first-order valence-electron chi connectivity index (χ1n) is 0. The van der Waals surface area contributed by atoms with Crippen LogP contribution < -0.4 is 6.15 Å². The molecule has 0 aliphatic carbocycles. The maximum absolute atomic E-state index is 0. The molecule has 0 aromatic rings. The summed E-state index contributed by atoms with van der Waals surface area (Å²) < 4.78 is 0. The molecular weight excluding hydrogens is 105 g/mol. The Morgan fingerprint density at radius 1 is 0.750 bits per heavy atom. The number of quaternary nitrogens is 1. The van der Waals surface area contributed by atoms with Crippen LogP contribution in [0.3, 0.4) is 0 Å². The molecule has 0 saturated carbocycles. The van der Waals surface area contributed by atoms with Gasteiger partial charge in [0.15, 0.2) is 0 Å². The molecule has 6 N–H and O–H groups in total. The van der Waals surface area contributed by atoms with Crippen LogP contribution in [0.1, 0.15) is 0 Å². The van der Waals surface area contributed by atoms with Crippen LogP contribution in [0, 0.1) is 0 Å². The summed E-state index contributed by atoms with van der Waals surface area (Å²) in [4.78, 5) is 0. The van der Waals surface area contributed by atoms with Gasteiger partial charge in [-0.05, 0) is 0 Å². The normalized spacial score (nSPS) is 0. The third-order valence-electron chi connectivity index (χ3n) is 0. The Bertz CT molecular complexity index is 6.00. The summed E-state index contributed by atoms with van der Waals surface area (Å²) in [6.45, 7) is 0. The molecule has 3 nitrogen and oxygen atoms in total. The quantitative estimate of drug-likeness (QED) is 0.445. The Hall–Kier alpha value is 0.374. The molecule has 4 heteroatoms. The van der Waals surface area contributed by atoms with Gasteiger partial charge in [-0.25, -0.2) is 0 Å². The van der Waals surface area contributed by atoms with Crippen LogP contribution in [0.2, 0.25) is 0 Å². The molecule has 0 aromatic heterocycles. The van der Waals surface area contributed by atoms with Crippen LogP contribution in [-0.4, -0.2) is 11.0 Å². The van der Waals surface area contributed by atoms with Crippen LogP contribution >= 0.6 is 0 Å². The standard InChI is InChI=1S/H3N.Ni.2H2O/h1H3;;2*1H2/q;+1;;/p-1. The van der Waals surface area contributed by atoms with Crippen molar-refractivity contribution < 1.29 is 27.4 Å². The first kappa shape index (κ1) is 357. The van der Waals surface area contributed by atoms with E-state index < -0.39 is 0 Å². The molecule has 0 fully saturated rings. The molecule has 0 aromatic carbocycles. The fraction of sp³-hybridized carbons (Fsp3) is 0. The van der Waals surface area contributed by atoms with E-state index in [0.717, 1.165) is 0 Å². The summed E-state index contributed by atoms with van der Waals surface area (Å²) >= 11 is 0. The number of hydrogen-bond acceptors (Lipinski definition) is 2. The Labute approximate surface area is 34.5 Å². The average Bonchev–Trinajstić information content (AvgIpc) is 0. The van der Waals surface area contributed by atoms with Crippen molar-refractivity contribution in [3.05, 3.63) is 0 Å². The summed E-state index contributed by atoms with van der Waals surface area (Å²) in [5, 5.41) is 0. The van der Waals surface area contributed by atoms with E-state index in [1.54, 1.807) is 0 Å². The zero-order valence-corrected chi connectivity index (χ0v) is 3.20. The third kappa shape index (κ3) is 32.1. The van der Waals surface area contributed by atoms with Crippen molar-refractivity contribution in [1.82, 2.24) is 6.15 Å². The molecule has 0 atom stereocenters. The number of hydrogen-bond donors (Lipinski definition) is 1. The van der Waals surface area contributed by atoms with E-state index in [4.69, 9.17) is 0 Å².